The zero-order valence-electron chi connectivity index (χ0n) is 70.0. The van der Waals surface area contributed by atoms with Crippen molar-refractivity contribution in [3.63, 3.8) is 0 Å². The van der Waals surface area contributed by atoms with Crippen LogP contribution in [0.2, 0.25) is 0 Å². The minimum absolute atomic E-state index is 0.0475. The van der Waals surface area contributed by atoms with Crippen LogP contribution < -0.4 is 5.32 Å². The van der Waals surface area contributed by atoms with Gasteiger partial charge in [-0.15, -0.1) is 0 Å². The summed E-state index contributed by atoms with van der Waals surface area (Å²) in [4.78, 5) is 133. The van der Waals surface area contributed by atoms with Crippen molar-refractivity contribution < 1.29 is 120 Å². The van der Waals surface area contributed by atoms with Crippen LogP contribution in [0.15, 0.2) is 49.6 Å². The quantitative estimate of drug-likeness (QED) is 0.0221. The molecular formula is C80H133N5O25. The first-order valence-electron chi connectivity index (χ1n) is 36.6. The summed E-state index contributed by atoms with van der Waals surface area (Å²) in [7, 11) is 0. The monoisotopic (exact) mass is 1560 g/mol. The number of amides is 1. The molecule has 0 aromatic carbocycles. The summed E-state index contributed by atoms with van der Waals surface area (Å²) in [6, 6.07) is 7.60. The van der Waals surface area contributed by atoms with E-state index in [1.165, 1.54) is 6.92 Å². The summed E-state index contributed by atoms with van der Waals surface area (Å²) in [5.74, 6) is -4.39. The van der Waals surface area contributed by atoms with Crippen molar-refractivity contribution in [1.82, 2.24) is 5.32 Å². The van der Waals surface area contributed by atoms with Crippen LogP contribution in [0.5, 0.6) is 0 Å². The highest BCUT2D eigenvalue weighted by Crippen LogP contribution is 2.25. The van der Waals surface area contributed by atoms with Crippen molar-refractivity contribution >= 4 is 71.6 Å². The topological polar surface area (TPSA) is 454 Å². The van der Waals surface area contributed by atoms with Crippen molar-refractivity contribution in [3.8, 4) is 24.3 Å². The number of hydrogen-bond donors (Lipinski definition) is 3. The lowest BCUT2D eigenvalue weighted by atomic mass is 9.89. The van der Waals surface area contributed by atoms with Crippen molar-refractivity contribution in [2.75, 3.05) is 85.8 Å². The molecule has 0 fully saturated rings. The van der Waals surface area contributed by atoms with Gasteiger partial charge in [0.15, 0.2) is 0 Å². The third-order valence-electron chi connectivity index (χ3n) is 15.9. The summed E-state index contributed by atoms with van der Waals surface area (Å²) >= 11 is 0. The number of carbonyl (C=O) groups is 12. The van der Waals surface area contributed by atoms with E-state index in [9.17, 15) is 62.6 Å². The second kappa shape index (κ2) is 69.9. The minimum atomic E-state index is -1.01. The van der Waals surface area contributed by atoms with Gasteiger partial charge in [0.2, 0.25) is 5.91 Å². The molecule has 5 atom stereocenters. The van der Waals surface area contributed by atoms with Gasteiger partial charge in [0.25, 0.3) is 0 Å². The Morgan fingerprint density at radius 2 is 0.673 bits per heavy atom. The van der Waals surface area contributed by atoms with Crippen LogP contribution >= 0.6 is 0 Å². The molecule has 0 saturated heterocycles. The first kappa shape index (κ1) is 116. The predicted molar refractivity (Wildman–Crippen MR) is 411 cm³/mol. The van der Waals surface area contributed by atoms with Crippen LogP contribution in [0.1, 0.15) is 229 Å². The number of ether oxygens (including phenoxy) is 11. The lowest BCUT2D eigenvalue weighted by molar-refractivity contribution is -0.158. The fourth-order valence-electron chi connectivity index (χ4n) is 5.21. The van der Waals surface area contributed by atoms with Gasteiger partial charge in [-0.25, -0.2) is 14.4 Å². The summed E-state index contributed by atoms with van der Waals surface area (Å²) in [6.07, 6.45) is 7.79. The molecule has 0 aromatic rings. The molecule has 5 unspecified atom stereocenters. The standard InChI is InChI=1S/C12H21NO3.C12H20O5.C11H18O4.C10H16O4.C9H15NO3.2C9H15NO2.C8H13NO2/c1-6-12(4,5)11(15)16-8-7-13-10(14)9(2)3;1-5-9(4)12(15)17-7-10(13)6-16-11(14)8(2)3;1-5-9(12)14-7-8-15-10(13)11(3,4)6-2;1-4-8(3)10(12)14-7-6-13-9(11)5-2;1-3-9(2,7-11)8(12)13-6-4-5-10;2*1-4-9(2,3)8(11)12-7-5-6-10;1-3-7(2)8(10)11-6-4-5-9/h2,6-8H2,1,3-5H3,(H,13,14);9-10,13H,2,5-7H2,1,3-4H3;5H,1,6-8H2,2-4H3;5,8H,2,4,6-7H2,1,3H3;11H,3-4,6-7H2,1-2H3;2*4-5,7H2,1-3H3;7H,3-4,6H2,1-2H3. The number of nitrogens with zero attached hydrogens (tertiary/aromatic N) is 4. The van der Waals surface area contributed by atoms with E-state index in [1.807, 2.05) is 142 Å². The summed E-state index contributed by atoms with van der Waals surface area (Å²) in [5.41, 5.74) is -1.91. The number of nitriles is 4. The Kier molecular flexibility index (Phi) is 73.9. The van der Waals surface area contributed by atoms with E-state index >= 15 is 0 Å². The van der Waals surface area contributed by atoms with Gasteiger partial charge >= 0.3 is 65.7 Å². The molecule has 0 rings (SSSR count). The van der Waals surface area contributed by atoms with Gasteiger partial charge in [-0.2, -0.15) is 21.0 Å². The summed E-state index contributed by atoms with van der Waals surface area (Å²) in [6.45, 7) is 54.3. The fourth-order valence-corrected chi connectivity index (χ4v) is 5.21. The normalized spacial score (nSPS) is 11.7. The predicted octanol–water partition coefficient (Wildman–Crippen LogP) is 11.8. The Bertz CT molecular complexity index is 2880. The molecule has 0 aliphatic carbocycles. The third kappa shape index (κ3) is 65.6. The molecule has 0 aromatic heterocycles. The van der Waals surface area contributed by atoms with Gasteiger partial charge in [0, 0.05) is 23.3 Å². The lowest BCUT2D eigenvalue weighted by Crippen LogP contribution is -2.33. The Morgan fingerprint density at radius 3 is 0.955 bits per heavy atom. The van der Waals surface area contributed by atoms with Crippen molar-refractivity contribution in [3.05, 3.63) is 49.6 Å². The number of aliphatic hydroxyl groups excluding tert-OH is 2. The summed E-state index contributed by atoms with van der Waals surface area (Å²) in [5, 5.41) is 53.7. The van der Waals surface area contributed by atoms with Crippen LogP contribution in [0.3, 0.4) is 0 Å². The SMILES string of the molecule is C=C(C)C(=O)NCCOC(=O)C(C)(C)CC.C=C(C)C(=O)OCC(O)COC(=O)C(C)CC.C=CC(=O)OCCOC(=O)C(C)(C)CC.C=CC(=O)OCCOC(=O)C(C)CC.CCC(C)(C)C(=O)OCCC#N.CCC(C)(C)C(=O)OCCC#N.CCC(C)(CO)C(=O)OCCC#N.CCC(C)C(=O)OCCC#N. The number of esters is 11. The number of carbonyl (C=O) groups excluding carboxylic acids is 12. The van der Waals surface area contributed by atoms with Gasteiger partial charge in [-0.1, -0.05) is 102 Å². The lowest BCUT2D eigenvalue weighted by Gasteiger charge is -2.22. The number of hydrogen-bond acceptors (Lipinski definition) is 29. The maximum atomic E-state index is 11.5. The van der Waals surface area contributed by atoms with E-state index in [4.69, 9.17) is 68.8 Å². The van der Waals surface area contributed by atoms with E-state index in [1.54, 1.807) is 27.7 Å². The van der Waals surface area contributed by atoms with Gasteiger partial charge in [-0.3, -0.25) is 43.2 Å². The number of aliphatic hydroxyl groups is 2. The molecule has 0 heterocycles. The molecule has 0 aliphatic rings. The van der Waals surface area contributed by atoms with Crippen LogP contribution in [0.4, 0.5) is 0 Å². The first-order valence-corrected chi connectivity index (χ1v) is 36.6. The second-order valence-electron chi connectivity index (χ2n) is 27.0. The zero-order chi connectivity index (χ0) is 87.3. The van der Waals surface area contributed by atoms with E-state index in [0.717, 1.165) is 44.3 Å². The first-order chi connectivity index (χ1) is 51.1. The highest BCUT2D eigenvalue weighted by atomic mass is 16.6. The Labute approximate surface area is 655 Å². The minimum Gasteiger partial charge on any atom is -0.464 e. The zero-order valence-corrected chi connectivity index (χ0v) is 70.0. The molecule has 0 bridgehead atoms. The van der Waals surface area contributed by atoms with Crippen LogP contribution in [0, 0.1) is 90.2 Å². The number of nitrogens with one attached hydrogen (secondary N) is 1. The van der Waals surface area contributed by atoms with Crippen LogP contribution in [-0.2, 0) is 110 Å². The highest BCUT2D eigenvalue weighted by molar-refractivity contribution is 5.92. The molecule has 1 amide bonds. The van der Waals surface area contributed by atoms with Gasteiger partial charge < -0.3 is 67.6 Å². The van der Waals surface area contributed by atoms with Crippen LogP contribution in [0.25, 0.3) is 0 Å². The molecule has 110 heavy (non-hydrogen) atoms. The van der Waals surface area contributed by atoms with E-state index < -0.39 is 57.1 Å². The molecule has 30 heteroatoms. The van der Waals surface area contributed by atoms with Gasteiger partial charge in [0.1, 0.15) is 78.8 Å². The van der Waals surface area contributed by atoms with E-state index in [-0.39, 0.29) is 176 Å². The van der Waals surface area contributed by atoms with Crippen molar-refractivity contribution in [2.45, 2.75) is 235 Å². The smallest absolute Gasteiger partial charge is 0.333 e. The molecule has 3 N–H and O–H groups in total. The largest absolute Gasteiger partial charge is 0.464 e. The molecule has 30 nitrogen and oxygen atoms in total. The molecular weight excluding hydrogens is 1430 g/mol. The maximum Gasteiger partial charge on any atom is 0.333 e. The second-order valence-corrected chi connectivity index (χ2v) is 27.0. The summed E-state index contributed by atoms with van der Waals surface area (Å²) < 4.78 is 53.0. The Balaban J connectivity index is -0.000000181. The van der Waals surface area contributed by atoms with Crippen LogP contribution in [-0.4, -0.2) is 174 Å². The van der Waals surface area contributed by atoms with Gasteiger partial charge in [0.05, 0.1) is 108 Å². The highest BCUT2D eigenvalue weighted by Gasteiger charge is 2.33. The fraction of sp³-hybridized carbons (Fsp3) is 0.700. The molecule has 0 spiro atoms. The van der Waals surface area contributed by atoms with E-state index in [0.29, 0.717) is 31.4 Å². The van der Waals surface area contributed by atoms with E-state index in [2.05, 4.69) is 41.1 Å². The Morgan fingerprint density at radius 1 is 0.400 bits per heavy atom. The maximum absolute atomic E-state index is 11.5. The number of rotatable bonds is 42. The Hall–Kier alpha value is -9.52. The average molecular weight is 1560 g/mol. The third-order valence-corrected chi connectivity index (χ3v) is 15.9. The molecule has 0 aliphatic heterocycles. The van der Waals surface area contributed by atoms with Crippen molar-refractivity contribution in [1.29, 1.82) is 21.0 Å². The average Bonchev–Trinajstić information content (AvgIpc) is 0.889. The van der Waals surface area contributed by atoms with Gasteiger partial charge in [-0.05, 0) is 128 Å². The van der Waals surface area contributed by atoms with Crippen molar-refractivity contribution in [2.24, 2.45) is 44.8 Å². The molecule has 0 radical (unpaired) electrons. The molecule has 0 saturated carbocycles. The molecule has 628 valence electrons.